The fraction of sp³-hybridized carbons (Fsp3) is 0.667. The van der Waals surface area contributed by atoms with Gasteiger partial charge in [-0.2, -0.15) is 0 Å². The number of rotatable bonds is 6. The van der Waals surface area contributed by atoms with E-state index in [2.05, 4.69) is 33.4 Å². The van der Waals surface area contributed by atoms with Crippen LogP contribution in [0.2, 0.25) is 0 Å². The average molecular weight is 166 g/mol. The summed E-state index contributed by atoms with van der Waals surface area (Å²) in [5.74, 6) is 0. The number of hydrogen-bond donors (Lipinski definition) is 0. The third-order valence-electron chi connectivity index (χ3n) is 1.96. The lowest BCUT2D eigenvalue weighted by atomic mass is 10.1. The molecule has 0 rings (SSSR count). The van der Waals surface area contributed by atoms with Crippen molar-refractivity contribution in [3.63, 3.8) is 0 Å². The summed E-state index contributed by atoms with van der Waals surface area (Å²) >= 11 is 0. The molecule has 0 aromatic carbocycles. The van der Waals surface area contributed by atoms with Crippen LogP contribution in [0.3, 0.4) is 0 Å². The highest BCUT2D eigenvalue weighted by Crippen LogP contribution is 2.11. The third kappa shape index (κ3) is 7.59. The summed E-state index contributed by atoms with van der Waals surface area (Å²) in [6, 6.07) is 0. The number of unbranched alkanes of at least 4 members (excludes halogenated alkanes) is 1. The summed E-state index contributed by atoms with van der Waals surface area (Å²) in [7, 11) is 0. The second-order valence-electron chi connectivity index (χ2n) is 3.65. The zero-order valence-corrected chi connectivity index (χ0v) is 8.82. The van der Waals surface area contributed by atoms with Crippen molar-refractivity contribution in [3.8, 4) is 0 Å². The van der Waals surface area contributed by atoms with E-state index in [1.54, 1.807) is 0 Å². The molecule has 0 unspecified atom stereocenters. The maximum Gasteiger partial charge on any atom is -0.0320 e. The fourth-order valence-electron chi connectivity index (χ4n) is 1.16. The maximum atomic E-state index is 3.89. The molecule has 0 heteroatoms. The van der Waals surface area contributed by atoms with Crippen molar-refractivity contribution in [2.75, 3.05) is 0 Å². The molecule has 12 heavy (non-hydrogen) atoms. The third-order valence-corrected chi connectivity index (χ3v) is 1.96. The first-order valence-corrected chi connectivity index (χ1v) is 4.96. The molecular weight excluding hydrogens is 144 g/mol. The van der Waals surface area contributed by atoms with Crippen LogP contribution in [0.5, 0.6) is 0 Å². The number of allylic oxidation sites excluding steroid dienone is 3. The van der Waals surface area contributed by atoms with Crippen LogP contribution in [0.4, 0.5) is 0 Å². The molecule has 0 spiro atoms. The van der Waals surface area contributed by atoms with Gasteiger partial charge >= 0.3 is 0 Å². The Labute approximate surface area is 77.4 Å². The molecule has 0 saturated heterocycles. The standard InChI is InChI=1S/C12H22/c1-5-6-9-12(4)10-7-8-11(2)3/h9H,2,5-8,10H2,1,3-4H3. The summed E-state index contributed by atoms with van der Waals surface area (Å²) in [4.78, 5) is 0. The van der Waals surface area contributed by atoms with Crippen LogP contribution in [-0.4, -0.2) is 0 Å². The van der Waals surface area contributed by atoms with E-state index in [1.807, 2.05) is 0 Å². The van der Waals surface area contributed by atoms with E-state index >= 15 is 0 Å². The summed E-state index contributed by atoms with van der Waals surface area (Å²) in [5, 5.41) is 0. The Bertz CT molecular complexity index is 151. The van der Waals surface area contributed by atoms with E-state index in [4.69, 9.17) is 0 Å². The zero-order valence-electron chi connectivity index (χ0n) is 8.82. The largest absolute Gasteiger partial charge is 0.100 e. The van der Waals surface area contributed by atoms with Gasteiger partial charge < -0.3 is 0 Å². The lowest BCUT2D eigenvalue weighted by Crippen LogP contribution is -1.80. The van der Waals surface area contributed by atoms with Gasteiger partial charge in [-0.05, 0) is 39.5 Å². The van der Waals surface area contributed by atoms with Crippen LogP contribution in [-0.2, 0) is 0 Å². The molecule has 0 nitrogen and oxygen atoms in total. The van der Waals surface area contributed by atoms with Gasteiger partial charge in [-0.1, -0.05) is 30.6 Å². The van der Waals surface area contributed by atoms with E-state index in [0.29, 0.717) is 0 Å². The van der Waals surface area contributed by atoms with Gasteiger partial charge in [0.15, 0.2) is 0 Å². The van der Waals surface area contributed by atoms with Crippen LogP contribution in [0, 0.1) is 0 Å². The van der Waals surface area contributed by atoms with Gasteiger partial charge in [0.1, 0.15) is 0 Å². The molecule has 0 fully saturated rings. The molecule has 0 atom stereocenters. The Kier molecular flexibility index (Phi) is 6.84. The lowest BCUT2D eigenvalue weighted by Gasteiger charge is -2.00. The smallest absolute Gasteiger partial charge is 0.0320 e. The average Bonchev–Trinajstić information content (AvgIpc) is 2.00. The van der Waals surface area contributed by atoms with Crippen molar-refractivity contribution in [1.82, 2.24) is 0 Å². The van der Waals surface area contributed by atoms with Crippen molar-refractivity contribution in [1.29, 1.82) is 0 Å². The van der Waals surface area contributed by atoms with E-state index in [9.17, 15) is 0 Å². The maximum absolute atomic E-state index is 3.89. The van der Waals surface area contributed by atoms with Gasteiger partial charge in [0.25, 0.3) is 0 Å². The molecule has 70 valence electrons. The summed E-state index contributed by atoms with van der Waals surface area (Å²) in [6.45, 7) is 10.4. The van der Waals surface area contributed by atoms with Crippen molar-refractivity contribution in [2.24, 2.45) is 0 Å². The monoisotopic (exact) mass is 166 g/mol. The second-order valence-corrected chi connectivity index (χ2v) is 3.65. The SMILES string of the molecule is C=C(C)CCCC(C)=CCCC. The van der Waals surface area contributed by atoms with Gasteiger partial charge in [-0.3, -0.25) is 0 Å². The topological polar surface area (TPSA) is 0 Å². The molecule has 0 aliphatic carbocycles. The van der Waals surface area contributed by atoms with Gasteiger partial charge in [-0.25, -0.2) is 0 Å². The minimum Gasteiger partial charge on any atom is -0.100 e. The molecule has 0 heterocycles. The van der Waals surface area contributed by atoms with E-state index in [1.165, 1.54) is 43.3 Å². The predicted molar refractivity (Wildman–Crippen MR) is 57.3 cm³/mol. The van der Waals surface area contributed by atoms with Crippen molar-refractivity contribution < 1.29 is 0 Å². The molecule has 0 bridgehead atoms. The lowest BCUT2D eigenvalue weighted by molar-refractivity contribution is 0.797. The van der Waals surface area contributed by atoms with Crippen LogP contribution in [0.15, 0.2) is 23.8 Å². The van der Waals surface area contributed by atoms with Gasteiger partial charge in [-0.15, -0.1) is 6.58 Å². The minimum absolute atomic E-state index is 1.18. The van der Waals surface area contributed by atoms with Crippen molar-refractivity contribution in [3.05, 3.63) is 23.8 Å². The highest BCUT2D eigenvalue weighted by Gasteiger charge is 1.90. The minimum atomic E-state index is 1.18. The first-order chi connectivity index (χ1) is 5.66. The van der Waals surface area contributed by atoms with Crippen molar-refractivity contribution >= 4 is 0 Å². The first kappa shape index (κ1) is 11.5. The molecule has 0 aromatic rings. The van der Waals surface area contributed by atoms with Crippen LogP contribution in [0.25, 0.3) is 0 Å². The molecule has 0 aromatic heterocycles. The van der Waals surface area contributed by atoms with E-state index < -0.39 is 0 Å². The molecule has 0 amide bonds. The van der Waals surface area contributed by atoms with E-state index in [-0.39, 0.29) is 0 Å². The quantitative estimate of drug-likeness (QED) is 0.510. The summed E-state index contributed by atoms with van der Waals surface area (Å²) in [5.41, 5.74) is 2.84. The normalized spacial score (nSPS) is 11.8. The Morgan fingerprint density at radius 1 is 1.25 bits per heavy atom. The highest BCUT2D eigenvalue weighted by molar-refractivity contribution is 4.99. The van der Waals surface area contributed by atoms with Gasteiger partial charge in [0, 0.05) is 0 Å². The van der Waals surface area contributed by atoms with Gasteiger partial charge in [0.2, 0.25) is 0 Å². The second kappa shape index (κ2) is 7.15. The molecule has 0 aliphatic rings. The number of hydrogen-bond acceptors (Lipinski definition) is 0. The molecule has 0 N–H and O–H groups in total. The fourth-order valence-corrected chi connectivity index (χ4v) is 1.16. The Balaban J connectivity index is 3.42. The Morgan fingerprint density at radius 2 is 1.92 bits per heavy atom. The summed E-state index contributed by atoms with van der Waals surface area (Å²) in [6.07, 6.45) is 8.54. The van der Waals surface area contributed by atoms with Crippen molar-refractivity contribution in [2.45, 2.75) is 52.9 Å². The zero-order chi connectivity index (χ0) is 9.40. The Morgan fingerprint density at radius 3 is 2.42 bits per heavy atom. The molecule has 0 radical (unpaired) electrons. The van der Waals surface area contributed by atoms with Gasteiger partial charge in [0.05, 0.1) is 0 Å². The highest BCUT2D eigenvalue weighted by atomic mass is 14.0. The predicted octanol–water partition coefficient (Wildman–Crippen LogP) is 4.48. The van der Waals surface area contributed by atoms with E-state index in [0.717, 1.165) is 0 Å². The molecular formula is C12H22. The van der Waals surface area contributed by atoms with Crippen LogP contribution in [0.1, 0.15) is 52.9 Å². The first-order valence-electron chi connectivity index (χ1n) is 4.96. The van der Waals surface area contributed by atoms with Crippen LogP contribution >= 0.6 is 0 Å². The summed E-state index contributed by atoms with van der Waals surface area (Å²) < 4.78 is 0. The Hall–Kier alpha value is -0.520. The molecule has 0 aliphatic heterocycles. The molecule has 0 saturated carbocycles. The van der Waals surface area contributed by atoms with Crippen LogP contribution < -0.4 is 0 Å².